The number of ketones is 1. The van der Waals surface area contributed by atoms with E-state index in [1.165, 1.54) is 18.2 Å². The molecule has 180 valence electrons. The van der Waals surface area contributed by atoms with E-state index in [-0.39, 0.29) is 52.7 Å². The number of likely N-dealkylation sites (tertiary alicyclic amines) is 1. The molecule has 2 aromatic carbocycles. The number of rotatable bonds is 6. The number of benzene rings is 2. The number of Topliss-reactive ketones (excluding diaryl/α,β-unsaturated/α-hetero) is 1. The zero-order valence-electron chi connectivity index (χ0n) is 17.8. The number of carbonyl (C=O) groups is 1. The first kappa shape index (κ1) is 23.6. The number of hydrogen-bond donors (Lipinski definition) is 0. The Hall–Kier alpha value is -2.16. The summed E-state index contributed by atoms with van der Waals surface area (Å²) in [6.45, 7) is 0.485. The molecule has 2 aliphatic heterocycles. The van der Waals surface area contributed by atoms with Crippen molar-refractivity contribution in [3.8, 4) is 0 Å². The second-order valence-electron chi connectivity index (χ2n) is 9.22. The van der Waals surface area contributed by atoms with E-state index in [9.17, 15) is 18.0 Å². The van der Waals surface area contributed by atoms with Gasteiger partial charge in [0.05, 0.1) is 12.3 Å². The number of halogens is 6. The predicted octanol–water partition coefficient (Wildman–Crippen LogP) is 6.04. The highest BCUT2D eigenvalue weighted by Gasteiger charge is 2.62. The molecule has 1 aliphatic carbocycles. The van der Waals surface area contributed by atoms with Crippen LogP contribution in [0.2, 0.25) is 10.0 Å². The predicted molar refractivity (Wildman–Crippen MR) is 120 cm³/mol. The van der Waals surface area contributed by atoms with Gasteiger partial charge in [0.2, 0.25) is 0 Å². The van der Waals surface area contributed by atoms with Crippen molar-refractivity contribution in [2.45, 2.75) is 36.7 Å². The maximum Gasteiger partial charge on any atom is 0.435 e. The van der Waals surface area contributed by atoms with Gasteiger partial charge in [-0.1, -0.05) is 52.6 Å². The summed E-state index contributed by atoms with van der Waals surface area (Å²) < 4.78 is 57.7. The van der Waals surface area contributed by atoms with Gasteiger partial charge in [0.25, 0.3) is 5.60 Å². The molecule has 2 aromatic rings. The van der Waals surface area contributed by atoms with Gasteiger partial charge in [-0.2, -0.15) is 13.2 Å². The molecule has 1 atom stereocenters. The highest BCUT2D eigenvalue weighted by atomic mass is 35.5. The Morgan fingerprint density at radius 3 is 2.24 bits per heavy atom. The van der Waals surface area contributed by atoms with Crippen LogP contribution >= 0.6 is 23.2 Å². The van der Waals surface area contributed by atoms with Gasteiger partial charge in [-0.15, -0.1) is 0 Å². The van der Waals surface area contributed by atoms with Crippen LogP contribution in [-0.2, 0) is 20.9 Å². The topological polar surface area (TPSA) is 41.9 Å². The van der Waals surface area contributed by atoms with Gasteiger partial charge >= 0.3 is 6.18 Å². The fourth-order valence-corrected chi connectivity index (χ4v) is 5.04. The van der Waals surface area contributed by atoms with Crippen molar-refractivity contribution in [1.29, 1.82) is 0 Å². The molecule has 3 aliphatic rings. The lowest BCUT2D eigenvalue weighted by molar-refractivity contribution is -0.275. The molecule has 0 spiro atoms. The average Bonchev–Trinajstić information content (AvgIpc) is 3.49. The average molecular weight is 515 g/mol. The Balaban J connectivity index is 1.31. The van der Waals surface area contributed by atoms with E-state index in [1.54, 1.807) is 17.0 Å². The number of carbonyl (C=O) groups excluding carboxylic acids is 1. The van der Waals surface area contributed by atoms with Gasteiger partial charge in [0, 0.05) is 41.0 Å². The molecular weight excluding hydrogens is 495 g/mol. The van der Waals surface area contributed by atoms with E-state index in [4.69, 9.17) is 28.0 Å². The van der Waals surface area contributed by atoms with Crippen molar-refractivity contribution in [3.63, 3.8) is 0 Å². The largest absolute Gasteiger partial charge is 0.435 e. The Morgan fingerprint density at radius 1 is 1.06 bits per heavy atom. The van der Waals surface area contributed by atoms with Crippen LogP contribution in [0.15, 0.2) is 47.6 Å². The minimum Gasteiger partial charge on any atom is -0.374 e. The Kier molecular flexibility index (Phi) is 5.69. The maximum absolute atomic E-state index is 15.3. The monoisotopic (exact) mass is 514 g/mol. The van der Waals surface area contributed by atoms with Gasteiger partial charge in [0.15, 0.2) is 5.67 Å². The second kappa shape index (κ2) is 8.21. The number of nitrogens with zero attached hydrogens (tertiary/aromatic N) is 2. The molecule has 2 fully saturated rings. The molecule has 2 heterocycles. The van der Waals surface area contributed by atoms with E-state index in [2.05, 4.69) is 5.16 Å². The van der Waals surface area contributed by atoms with Gasteiger partial charge in [-0.25, -0.2) is 4.39 Å². The third kappa shape index (κ3) is 4.20. The summed E-state index contributed by atoms with van der Waals surface area (Å²) in [5.74, 6) is 0.292. The van der Waals surface area contributed by atoms with Crippen molar-refractivity contribution < 1.29 is 27.2 Å². The molecule has 0 bridgehead atoms. The van der Waals surface area contributed by atoms with E-state index in [1.807, 2.05) is 0 Å². The SMILES string of the molecule is O=C(CN1CC(F)(c2ccc(C3=NOC(c4cc(Cl)cc(Cl)c4)(C(F)(F)F)C3)cc2)C1)C1CC1. The minimum absolute atomic E-state index is 0.0501. The molecule has 10 heteroatoms. The van der Waals surface area contributed by atoms with E-state index in [0.29, 0.717) is 11.1 Å². The van der Waals surface area contributed by atoms with Gasteiger partial charge in [-0.3, -0.25) is 9.69 Å². The molecule has 1 saturated carbocycles. The lowest BCUT2D eigenvalue weighted by Gasteiger charge is -2.44. The highest BCUT2D eigenvalue weighted by molar-refractivity contribution is 6.34. The maximum atomic E-state index is 15.3. The molecule has 0 amide bonds. The molecular formula is C24H20Cl2F4N2O2. The zero-order chi connectivity index (χ0) is 24.3. The van der Waals surface area contributed by atoms with Crippen LogP contribution in [0.25, 0.3) is 0 Å². The highest BCUT2D eigenvalue weighted by Crippen LogP contribution is 2.50. The smallest absolute Gasteiger partial charge is 0.374 e. The molecule has 0 N–H and O–H groups in total. The third-order valence-electron chi connectivity index (χ3n) is 6.61. The van der Waals surface area contributed by atoms with Gasteiger partial charge < -0.3 is 4.84 Å². The van der Waals surface area contributed by atoms with Crippen molar-refractivity contribution in [2.75, 3.05) is 19.6 Å². The first-order chi connectivity index (χ1) is 16.0. The summed E-state index contributed by atoms with van der Waals surface area (Å²) in [7, 11) is 0. The van der Waals surface area contributed by atoms with Gasteiger partial charge in [0.1, 0.15) is 5.78 Å². The Labute approximate surface area is 203 Å². The summed E-state index contributed by atoms with van der Waals surface area (Å²) in [5.41, 5.74) is -3.67. The first-order valence-electron chi connectivity index (χ1n) is 10.8. The zero-order valence-corrected chi connectivity index (χ0v) is 19.4. The minimum atomic E-state index is -4.79. The standard InChI is InChI=1S/C24H20Cl2F4N2O2/c25-18-7-17(8-19(26)9-18)23(24(28,29)30)10-20(31-34-23)14-3-5-16(6-4-14)22(27)12-32(13-22)11-21(33)15-1-2-15/h3-9,15H,1-2,10-13H2. The van der Waals surface area contributed by atoms with E-state index >= 15 is 4.39 Å². The van der Waals surface area contributed by atoms with Gasteiger partial charge in [-0.05, 0) is 42.2 Å². The fraction of sp³-hybridized carbons (Fsp3) is 0.417. The molecule has 4 nitrogen and oxygen atoms in total. The molecule has 0 radical (unpaired) electrons. The van der Waals surface area contributed by atoms with Crippen LogP contribution in [0.1, 0.15) is 36.0 Å². The molecule has 34 heavy (non-hydrogen) atoms. The molecule has 5 rings (SSSR count). The quantitative estimate of drug-likeness (QED) is 0.441. The molecule has 1 unspecified atom stereocenters. The molecule has 0 aromatic heterocycles. The second-order valence-corrected chi connectivity index (χ2v) is 10.1. The normalized spacial score (nSPS) is 24.4. The van der Waals surface area contributed by atoms with E-state index < -0.39 is 23.9 Å². The Bertz CT molecular complexity index is 1140. The summed E-state index contributed by atoms with van der Waals surface area (Å²) in [4.78, 5) is 18.7. The summed E-state index contributed by atoms with van der Waals surface area (Å²) in [6, 6.07) is 9.81. The van der Waals surface area contributed by atoms with Crippen LogP contribution in [-0.4, -0.2) is 42.2 Å². The van der Waals surface area contributed by atoms with Crippen molar-refractivity contribution >= 4 is 34.7 Å². The van der Waals surface area contributed by atoms with Crippen LogP contribution in [0, 0.1) is 5.92 Å². The lowest BCUT2D eigenvalue weighted by Crippen LogP contribution is -2.58. The van der Waals surface area contributed by atoms with E-state index in [0.717, 1.165) is 25.0 Å². The summed E-state index contributed by atoms with van der Waals surface area (Å²) in [6.07, 6.45) is -3.53. The number of hydrogen-bond acceptors (Lipinski definition) is 4. The van der Waals surface area contributed by atoms with Crippen molar-refractivity contribution in [3.05, 3.63) is 69.2 Å². The van der Waals surface area contributed by atoms with Crippen molar-refractivity contribution in [1.82, 2.24) is 4.90 Å². The fourth-order valence-electron chi connectivity index (χ4n) is 4.52. The lowest BCUT2D eigenvalue weighted by atomic mass is 9.84. The van der Waals surface area contributed by atoms with Crippen molar-refractivity contribution in [2.24, 2.45) is 11.1 Å². The first-order valence-corrected chi connectivity index (χ1v) is 11.6. The van der Waals surface area contributed by atoms with Crippen LogP contribution in [0.5, 0.6) is 0 Å². The van der Waals surface area contributed by atoms with Crippen LogP contribution in [0.4, 0.5) is 17.6 Å². The van der Waals surface area contributed by atoms with Crippen LogP contribution < -0.4 is 0 Å². The number of oxime groups is 1. The summed E-state index contributed by atoms with van der Waals surface area (Å²) >= 11 is 11.9. The van der Waals surface area contributed by atoms with Crippen LogP contribution in [0.3, 0.4) is 0 Å². The number of alkyl halides is 4. The summed E-state index contributed by atoms with van der Waals surface area (Å²) in [5, 5.41) is 3.83. The Morgan fingerprint density at radius 2 is 1.68 bits per heavy atom. The third-order valence-corrected chi connectivity index (χ3v) is 7.05. The molecule has 1 saturated heterocycles.